The van der Waals surface area contributed by atoms with E-state index in [1.54, 1.807) is 43.9 Å². The van der Waals surface area contributed by atoms with Gasteiger partial charge in [0.05, 0.1) is 7.11 Å². The number of nitrogens with zero attached hydrogens (tertiary/aromatic N) is 7. The molecule has 6 N–H and O–H groups in total. The lowest BCUT2D eigenvalue weighted by Gasteiger charge is -2.13. The van der Waals surface area contributed by atoms with Gasteiger partial charge in [-0.1, -0.05) is 148 Å². The topological polar surface area (TPSA) is 196 Å². The molecule has 420 valence electrons. The third-order valence-electron chi connectivity index (χ3n) is 13.2. The van der Waals surface area contributed by atoms with Crippen molar-refractivity contribution in [1.82, 2.24) is 34.8 Å². The molecule has 15 heteroatoms. The van der Waals surface area contributed by atoms with Crippen LogP contribution in [0.15, 0.2) is 195 Å². The molecule has 0 bridgehead atoms. The lowest BCUT2D eigenvalue weighted by Crippen LogP contribution is -2.21. The summed E-state index contributed by atoms with van der Waals surface area (Å²) in [7, 11) is 1.67. The molecular formula is C67H71ClN10O4. The summed E-state index contributed by atoms with van der Waals surface area (Å²) in [4.78, 5) is 27.1. The summed E-state index contributed by atoms with van der Waals surface area (Å²) in [6.45, 7) is 17.0. The van der Waals surface area contributed by atoms with Gasteiger partial charge in [-0.25, -0.2) is 15.0 Å². The van der Waals surface area contributed by atoms with Crippen LogP contribution in [0, 0.1) is 20.8 Å². The molecule has 14 nitrogen and oxygen atoms in total. The van der Waals surface area contributed by atoms with Crippen LogP contribution >= 0.6 is 11.6 Å². The molecule has 0 aliphatic heterocycles. The van der Waals surface area contributed by atoms with Gasteiger partial charge in [-0.2, -0.15) is 15.0 Å². The molecular weight excluding hydrogens is 1040 g/mol. The molecule has 0 aliphatic rings. The standard InChI is InChI=1S/C24H22N2O2.C15H11ClN2O.C14H12N4O.C8H11N.C6H15N/c1-17-7-13-22(21-6-4-3-5-20(17)21)28-24-15-16-25-23(26-24)14-10-18-8-11-19(27-2)12-9-18;1-10-6-7-13(12-5-3-2-4-11(10)12)19-14-8-9-17-15(16)18-14;15-11-5-6-12(10-4-2-1-3-9(10)11)19-13-7-8-17-14(16)18-13;1-7-2-4-8(6-9)5-3-7;1-4-7(5-2)6-3/h3-9,11-13,15-16H,10,14H2,1-2H3;2-9H,1H3;1-8H,15H2,(H2,16,17,18);2-5H,6,9H2,1H3;4-6H2,1-3H3. The van der Waals surface area contributed by atoms with Gasteiger partial charge in [0.15, 0.2) is 0 Å². The van der Waals surface area contributed by atoms with E-state index >= 15 is 0 Å². The Morgan fingerprint density at radius 2 is 0.902 bits per heavy atom. The lowest BCUT2D eigenvalue weighted by molar-refractivity contribution is 0.321. The predicted molar refractivity (Wildman–Crippen MR) is 334 cm³/mol. The van der Waals surface area contributed by atoms with Crippen LogP contribution in [0.5, 0.6) is 40.6 Å². The highest BCUT2D eigenvalue weighted by atomic mass is 35.5. The van der Waals surface area contributed by atoms with Crippen LogP contribution in [0.4, 0.5) is 11.6 Å². The van der Waals surface area contributed by atoms with Crippen molar-refractivity contribution in [2.24, 2.45) is 5.73 Å². The van der Waals surface area contributed by atoms with Gasteiger partial charge in [-0.15, -0.1) is 0 Å². The molecule has 0 atom stereocenters. The Bertz CT molecular complexity index is 3640. The monoisotopic (exact) mass is 1110 g/mol. The fourth-order valence-corrected chi connectivity index (χ4v) is 8.67. The first-order valence-electron chi connectivity index (χ1n) is 27.2. The Morgan fingerprint density at radius 1 is 0.451 bits per heavy atom. The van der Waals surface area contributed by atoms with E-state index < -0.39 is 0 Å². The van der Waals surface area contributed by atoms with E-state index in [4.69, 9.17) is 47.7 Å². The van der Waals surface area contributed by atoms with Crippen molar-refractivity contribution in [3.63, 3.8) is 0 Å². The molecule has 8 aromatic carbocycles. The van der Waals surface area contributed by atoms with Crippen molar-refractivity contribution < 1.29 is 18.9 Å². The zero-order valence-electron chi connectivity index (χ0n) is 47.6. The van der Waals surface area contributed by atoms with Crippen molar-refractivity contribution in [2.45, 2.75) is 60.9 Å². The highest BCUT2D eigenvalue weighted by Crippen LogP contribution is 2.34. The second kappa shape index (κ2) is 31.0. The van der Waals surface area contributed by atoms with Gasteiger partial charge in [0.2, 0.25) is 28.9 Å². The quantitative estimate of drug-likeness (QED) is 0.0687. The Hall–Kier alpha value is -9.21. The number of methoxy groups -OCH3 is 1. The van der Waals surface area contributed by atoms with Crippen molar-refractivity contribution in [3.05, 3.63) is 233 Å². The number of nitrogens with two attached hydrogens (primary N) is 3. The predicted octanol–water partition coefficient (Wildman–Crippen LogP) is 15.3. The maximum atomic E-state index is 6.10. The number of aryl methyl sites for hydroxylation is 5. The summed E-state index contributed by atoms with van der Waals surface area (Å²) in [5.74, 6) is 5.47. The van der Waals surface area contributed by atoms with E-state index in [0.29, 0.717) is 35.6 Å². The first-order valence-corrected chi connectivity index (χ1v) is 27.5. The summed E-state index contributed by atoms with van der Waals surface area (Å²) in [5.41, 5.74) is 23.7. The Morgan fingerprint density at radius 3 is 1.39 bits per heavy atom. The molecule has 0 aliphatic carbocycles. The van der Waals surface area contributed by atoms with Gasteiger partial charge in [0.1, 0.15) is 28.8 Å². The Balaban J connectivity index is 0.000000159. The van der Waals surface area contributed by atoms with E-state index in [-0.39, 0.29) is 11.2 Å². The normalized spacial score (nSPS) is 10.5. The summed E-state index contributed by atoms with van der Waals surface area (Å²) < 4.78 is 22.8. The number of hydrogen-bond donors (Lipinski definition) is 3. The number of ether oxygens (including phenoxy) is 4. The van der Waals surface area contributed by atoms with Gasteiger partial charge in [-0.3, -0.25) is 0 Å². The summed E-state index contributed by atoms with van der Waals surface area (Å²) in [6.07, 6.45) is 6.49. The molecule has 82 heavy (non-hydrogen) atoms. The minimum absolute atomic E-state index is 0.175. The second-order valence-corrected chi connectivity index (χ2v) is 19.1. The Labute approximate surface area is 485 Å². The third-order valence-corrected chi connectivity index (χ3v) is 13.4. The lowest BCUT2D eigenvalue weighted by atomic mass is 10.1. The first kappa shape index (κ1) is 60.4. The number of halogens is 1. The molecule has 0 saturated carbocycles. The van der Waals surface area contributed by atoms with E-state index in [2.05, 4.69) is 137 Å². The van der Waals surface area contributed by atoms with Crippen molar-refractivity contribution in [1.29, 1.82) is 0 Å². The van der Waals surface area contributed by atoms with E-state index in [9.17, 15) is 0 Å². The van der Waals surface area contributed by atoms with E-state index in [0.717, 1.165) is 57.5 Å². The summed E-state index contributed by atoms with van der Waals surface area (Å²) in [6, 6.07) is 57.2. The number of benzene rings is 8. The van der Waals surface area contributed by atoms with E-state index in [1.165, 1.54) is 58.2 Å². The van der Waals surface area contributed by atoms with Gasteiger partial charge in [0, 0.05) is 77.0 Å². The van der Waals surface area contributed by atoms with Crippen LogP contribution in [-0.2, 0) is 19.4 Å². The van der Waals surface area contributed by atoms with Crippen LogP contribution in [0.2, 0.25) is 5.28 Å². The minimum Gasteiger partial charge on any atom is -0.497 e. The smallest absolute Gasteiger partial charge is 0.225 e. The molecule has 3 aromatic heterocycles. The number of fused-ring (bicyclic) bond motifs is 3. The zero-order chi connectivity index (χ0) is 58.2. The summed E-state index contributed by atoms with van der Waals surface area (Å²) in [5, 5.41) is 6.54. The highest BCUT2D eigenvalue weighted by molar-refractivity contribution is 6.28. The zero-order valence-corrected chi connectivity index (χ0v) is 48.3. The van der Waals surface area contributed by atoms with Crippen LogP contribution in [-0.4, -0.2) is 61.5 Å². The van der Waals surface area contributed by atoms with Crippen LogP contribution in [0.3, 0.4) is 0 Å². The maximum Gasteiger partial charge on any atom is 0.225 e. The molecule has 0 radical (unpaired) electrons. The van der Waals surface area contributed by atoms with Gasteiger partial charge >= 0.3 is 0 Å². The minimum atomic E-state index is 0.175. The summed E-state index contributed by atoms with van der Waals surface area (Å²) >= 11 is 5.75. The second-order valence-electron chi connectivity index (χ2n) is 18.7. The van der Waals surface area contributed by atoms with Crippen LogP contribution in [0.1, 0.15) is 54.4 Å². The highest BCUT2D eigenvalue weighted by Gasteiger charge is 2.11. The third kappa shape index (κ3) is 17.6. The number of aromatic nitrogens is 6. The van der Waals surface area contributed by atoms with Crippen LogP contribution in [0.25, 0.3) is 32.3 Å². The number of nitrogen functional groups attached to an aromatic ring is 2. The van der Waals surface area contributed by atoms with Crippen molar-refractivity contribution in [3.8, 4) is 40.6 Å². The molecule has 0 saturated heterocycles. The molecule has 3 heterocycles. The fraction of sp³-hybridized carbons (Fsp3) is 0.194. The van der Waals surface area contributed by atoms with Crippen molar-refractivity contribution in [2.75, 3.05) is 38.2 Å². The Kier molecular flexibility index (Phi) is 22.8. The average Bonchev–Trinajstić information content (AvgIpc) is 3.71. The molecule has 11 rings (SSSR count). The number of anilines is 2. The number of hydrogen-bond acceptors (Lipinski definition) is 14. The fourth-order valence-electron chi connectivity index (χ4n) is 8.53. The SMILES string of the molecule is CCN(CC)CC.COc1ccc(CCc2nccc(Oc3ccc(C)c4ccccc34)n2)cc1.Cc1ccc(CN)cc1.Cc1ccc(Oc2ccnc(Cl)n2)c2ccccc12.Nc1nccc(Oc2ccc(N)c3ccccc23)n1. The van der Waals surface area contributed by atoms with E-state index in [1.807, 2.05) is 97.1 Å². The molecule has 0 unspecified atom stereocenters. The molecule has 11 aromatic rings. The van der Waals surface area contributed by atoms with Crippen molar-refractivity contribution >= 4 is 55.6 Å². The van der Waals surface area contributed by atoms with Gasteiger partial charge < -0.3 is 41.0 Å². The van der Waals surface area contributed by atoms with Crippen LogP contribution < -0.4 is 36.1 Å². The van der Waals surface area contributed by atoms with Gasteiger partial charge in [0.25, 0.3) is 0 Å². The first-order chi connectivity index (χ1) is 39.9. The maximum absolute atomic E-state index is 6.10. The van der Waals surface area contributed by atoms with Gasteiger partial charge in [-0.05, 0) is 128 Å². The number of rotatable bonds is 14. The average molecular weight is 1120 g/mol. The largest absolute Gasteiger partial charge is 0.497 e. The molecule has 0 spiro atoms. The molecule has 0 amide bonds. The molecule has 0 fully saturated rings.